The molecule has 2 fully saturated rings. The number of esters is 1. The number of ether oxygens (including phenoxy) is 2. The first-order valence-electron chi connectivity index (χ1n) is 11.6. The van der Waals surface area contributed by atoms with Crippen LogP contribution >= 0.6 is 0 Å². The van der Waals surface area contributed by atoms with Crippen LogP contribution in [0.15, 0.2) is 24.3 Å². The number of hydrogen-bond acceptors (Lipinski definition) is 3. The lowest BCUT2D eigenvalue weighted by molar-refractivity contribution is -0.140. The Morgan fingerprint density at radius 2 is 1.39 bits per heavy atom. The quantitative estimate of drug-likeness (QED) is 0.364. The predicted molar refractivity (Wildman–Crippen MR) is 114 cm³/mol. The Morgan fingerprint density at radius 3 is 1.96 bits per heavy atom. The molecule has 1 aromatic rings. The van der Waals surface area contributed by atoms with Gasteiger partial charge < -0.3 is 9.47 Å². The van der Waals surface area contributed by atoms with Gasteiger partial charge in [0.2, 0.25) is 0 Å². The number of carbonyl (C=O) groups excluding carboxylic acids is 1. The molecule has 0 saturated heterocycles. The van der Waals surface area contributed by atoms with Gasteiger partial charge in [0, 0.05) is 0 Å². The van der Waals surface area contributed by atoms with E-state index in [1.165, 1.54) is 51.4 Å². The fourth-order valence-electron chi connectivity index (χ4n) is 5.21. The second-order valence-corrected chi connectivity index (χ2v) is 8.92. The van der Waals surface area contributed by atoms with Crippen LogP contribution in [0.1, 0.15) is 84.5 Å². The van der Waals surface area contributed by atoms with Crippen LogP contribution in [0.4, 0.5) is 0 Å². The molecule has 0 amide bonds. The molecule has 0 unspecified atom stereocenters. The summed E-state index contributed by atoms with van der Waals surface area (Å²) < 4.78 is 11.2. The number of hydrogen-bond donors (Lipinski definition) is 0. The molecule has 28 heavy (non-hydrogen) atoms. The first-order chi connectivity index (χ1) is 13.7. The summed E-state index contributed by atoms with van der Waals surface area (Å²) >= 11 is 0. The van der Waals surface area contributed by atoms with Crippen molar-refractivity contribution in [3.8, 4) is 11.5 Å². The van der Waals surface area contributed by atoms with Crippen LogP contribution in [0.5, 0.6) is 11.5 Å². The monoisotopic (exact) mass is 386 g/mol. The SMILES string of the molecule is CCCOc1ccc(OC(=O)C2CCC(C3CCC(CCC)CC3)CC2)cc1. The van der Waals surface area contributed by atoms with Crippen LogP contribution in [0.2, 0.25) is 0 Å². The predicted octanol–water partition coefficient (Wildman–Crippen LogP) is 6.79. The van der Waals surface area contributed by atoms with Gasteiger partial charge >= 0.3 is 5.97 Å². The Hall–Kier alpha value is -1.51. The summed E-state index contributed by atoms with van der Waals surface area (Å²) in [6, 6.07) is 7.43. The topological polar surface area (TPSA) is 35.5 Å². The van der Waals surface area contributed by atoms with Crippen molar-refractivity contribution in [3.63, 3.8) is 0 Å². The van der Waals surface area contributed by atoms with E-state index in [0.29, 0.717) is 12.4 Å². The summed E-state index contributed by atoms with van der Waals surface area (Å²) in [6.45, 7) is 5.10. The summed E-state index contributed by atoms with van der Waals surface area (Å²) in [5, 5.41) is 0. The van der Waals surface area contributed by atoms with Gasteiger partial charge in [-0.25, -0.2) is 0 Å². The molecule has 0 spiro atoms. The Morgan fingerprint density at radius 1 is 0.821 bits per heavy atom. The summed E-state index contributed by atoms with van der Waals surface area (Å²) in [5.74, 6) is 4.20. The Kier molecular flexibility index (Phi) is 8.24. The molecule has 0 heterocycles. The molecule has 156 valence electrons. The Balaban J connectivity index is 1.40. The minimum absolute atomic E-state index is 0.0488. The van der Waals surface area contributed by atoms with Gasteiger partial charge in [-0.3, -0.25) is 4.79 Å². The molecule has 2 saturated carbocycles. The first-order valence-corrected chi connectivity index (χ1v) is 11.6. The molecular weight excluding hydrogens is 348 g/mol. The van der Waals surface area contributed by atoms with E-state index in [4.69, 9.17) is 9.47 Å². The van der Waals surface area contributed by atoms with Gasteiger partial charge in [-0.05, 0) is 87.0 Å². The normalized spacial score (nSPS) is 27.9. The maximum Gasteiger partial charge on any atom is 0.314 e. The average molecular weight is 387 g/mol. The van der Waals surface area contributed by atoms with Crippen LogP contribution in [-0.4, -0.2) is 12.6 Å². The molecule has 0 aliphatic heterocycles. The van der Waals surface area contributed by atoms with E-state index in [9.17, 15) is 4.79 Å². The second kappa shape index (κ2) is 10.9. The third kappa shape index (κ3) is 5.99. The molecule has 0 radical (unpaired) electrons. The van der Waals surface area contributed by atoms with E-state index in [0.717, 1.165) is 42.8 Å². The fraction of sp³-hybridized carbons (Fsp3) is 0.720. The highest BCUT2D eigenvalue weighted by Gasteiger charge is 2.33. The zero-order chi connectivity index (χ0) is 19.8. The second-order valence-electron chi connectivity index (χ2n) is 8.92. The number of rotatable bonds is 8. The van der Waals surface area contributed by atoms with E-state index in [-0.39, 0.29) is 11.9 Å². The average Bonchev–Trinajstić information content (AvgIpc) is 2.74. The standard InChI is InChI=1S/C25H38O3/c1-3-5-19-6-8-20(9-7-19)21-10-12-22(13-11-21)25(26)28-24-16-14-23(15-17-24)27-18-4-2/h14-17,19-22H,3-13,18H2,1-2H3. The van der Waals surface area contributed by atoms with Crippen molar-refractivity contribution in [3.05, 3.63) is 24.3 Å². The fourth-order valence-corrected chi connectivity index (χ4v) is 5.21. The largest absolute Gasteiger partial charge is 0.494 e. The third-order valence-electron chi connectivity index (χ3n) is 6.88. The maximum absolute atomic E-state index is 12.6. The van der Waals surface area contributed by atoms with Crippen LogP contribution in [0.25, 0.3) is 0 Å². The smallest absolute Gasteiger partial charge is 0.314 e. The lowest BCUT2D eigenvalue weighted by atomic mass is 9.69. The molecule has 0 bridgehead atoms. The highest BCUT2D eigenvalue weighted by atomic mass is 16.5. The summed E-state index contributed by atoms with van der Waals surface area (Å²) in [5.41, 5.74) is 0. The van der Waals surface area contributed by atoms with Crippen LogP contribution in [-0.2, 0) is 4.79 Å². The minimum atomic E-state index is -0.0488. The third-order valence-corrected chi connectivity index (χ3v) is 6.88. The van der Waals surface area contributed by atoms with E-state index in [1.54, 1.807) is 0 Å². The van der Waals surface area contributed by atoms with E-state index < -0.39 is 0 Å². The van der Waals surface area contributed by atoms with Gasteiger partial charge in [0.25, 0.3) is 0 Å². The zero-order valence-electron chi connectivity index (χ0n) is 17.8. The molecule has 3 nitrogen and oxygen atoms in total. The van der Waals surface area contributed by atoms with Crippen molar-refractivity contribution in [2.24, 2.45) is 23.7 Å². The highest BCUT2D eigenvalue weighted by molar-refractivity contribution is 5.75. The Bertz CT molecular complexity index is 578. The molecule has 3 rings (SSSR count). The van der Waals surface area contributed by atoms with Crippen molar-refractivity contribution in [2.45, 2.75) is 84.5 Å². The van der Waals surface area contributed by atoms with Crippen LogP contribution < -0.4 is 9.47 Å². The van der Waals surface area contributed by atoms with E-state index in [2.05, 4.69) is 13.8 Å². The van der Waals surface area contributed by atoms with Crippen LogP contribution in [0.3, 0.4) is 0 Å². The van der Waals surface area contributed by atoms with Crippen LogP contribution in [0, 0.1) is 23.7 Å². The van der Waals surface area contributed by atoms with Crippen molar-refractivity contribution in [2.75, 3.05) is 6.61 Å². The van der Waals surface area contributed by atoms with Crippen molar-refractivity contribution < 1.29 is 14.3 Å². The molecule has 2 aliphatic rings. The lowest BCUT2D eigenvalue weighted by Gasteiger charge is -2.37. The van der Waals surface area contributed by atoms with Gasteiger partial charge in [0.05, 0.1) is 12.5 Å². The highest BCUT2D eigenvalue weighted by Crippen LogP contribution is 2.42. The van der Waals surface area contributed by atoms with E-state index >= 15 is 0 Å². The first kappa shape index (κ1) is 21.2. The number of benzene rings is 1. The summed E-state index contributed by atoms with van der Waals surface area (Å²) in [4.78, 5) is 12.6. The van der Waals surface area contributed by atoms with Crippen molar-refractivity contribution in [1.29, 1.82) is 0 Å². The molecule has 3 heteroatoms. The zero-order valence-corrected chi connectivity index (χ0v) is 17.8. The molecule has 0 N–H and O–H groups in total. The van der Waals surface area contributed by atoms with Gasteiger partial charge in [-0.15, -0.1) is 0 Å². The number of carbonyl (C=O) groups is 1. The lowest BCUT2D eigenvalue weighted by Crippen LogP contribution is -2.30. The summed E-state index contributed by atoms with van der Waals surface area (Å²) in [6.07, 6.45) is 13.8. The molecular formula is C25H38O3. The summed E-state index contributed by atoms with van der Waals surface area (Å²) in [7, 11) is 0. The molecule has 0 aromatic heterocycles. The van der Waals surface area contributed by atoms with Crippen molar-refractivity contribution >= 4 is 5.97 Å². The Labute approximate surface area is 171 Å². The maximum atomic E-state index is 12.6. The minimum Gasteiger partial charge on any atom is -0.494 e. The molecule has 1 aromatic carbocycles. The van der Waals surface area contributed by atoms with E-state index in [1.807, 2.05) is 24.3 Å². The molecule has 0 atom stereocenters. The van der Waals surface area contributed by atoms with Gasteiger partial charge in [-0.2, -0.15) is 0 Å². The van der Waals surface area contributed by atoms with Gasteiger partial charge in [-0.1, -0.05) is 39.5 Å². The van der Waals surface area contributed by atoms with Crippen molar-refractivity contribution in [1.82, 2.24) is 0 Å². The molecule has 2 aliphatic carbocycles. The van der Waals surface area contributed by atoms with Gasteiger partial charge in [0.1, 0.15) is 11.5 Å². The van der Waals surface area contributed by atoms with Gasteiger partial charge in [0.15, 0.2) is 0 Å².